The van der Waals surface area contributed by atoms with Gasteiger partial charge < -0.3 is 9.47 Å². The summed E-state index contributed by atoms with van der Waals surface area (Å²) < 4.78 is 84.5. The van der Waals surface area contributed by atoms with E-state index in [1.165, 1.54) is 36.6 Å². The second kappa shape index (κ2) is 7.69. The molecule has 0 fully saturated rings. The molecule has 4 nitrogen and oxygen atoms in total. The Hall–Kier alpha value is -2.78. The second-order valence-electron chi connectivity index (χ2n) is 6.02. The molecule has 28 heavy (non-hydrogen) atoms. The fourth-order valence-electron chi connectivity index (χ4n) is 2.80. The van der Waals surface area contributed by atoms with Gasteiger partial charge in [0, 0.05) is 11.1 Å². The lowest BCUT2D eigenvalue weighted by Gasteiger charge is -2.23. The van der Waals surface area contributed by atoms with E-state index in [0.29, 0.717) is 35.2 Å². The first-order valence-electron chi connectivity index (χ1n) is 8.17. The first-order chi connectivity index (χ1) is 13.1. The topological polar surface area (TPSA) is 43.2 Å². The van der Waals surface area contributed by atoms with Crippen molar-refractivity contribution in [2.24, 2.45) is 10.2 Å². The zero-order valence-electron chi connectivity index (χ0n) is 14.3. The second-order valence-corrected chi connectivity index (χ2v) is 6.02. The molecule has 1 aromatic rings. The summed E-state index contributed by atoms with van der Waals surface area (Å²) in [4.78, 5) is 0. The molecule has 0 aromatic heterocycles. The van der Waals surface area contributed by atoms with Crippen LogP contribution in [0.2, 0.25) is 0 Å². The Balaban J connectivity index is 1.96. The maximum absolute atomic E-state index is 12.5. The van der Waals surface area contributed by atoms with E-state index in [1.807, 2.05) is 0 Å². The Bertz CT molecular complexity index is 866. The third kappa shape index (κ3) is 5.14. The third-order valence-corrected chi connectivity index (χ3v) is 3.87. The summed E-state index contributed by atoms with van der Waals surface area (Å²) in [5.41, 5.74) is 1.78. The van der Waals surface area contributed by atoms with Crippen LogP contribution in [0.5, 0.6) is 5.75 Å². The average Bonchev–Trinajstić information content (AvgIpc) is 2.59. The fourth-order valence-corrected chi connectivity index (χ4v) is 2.80. The first kappa shape index (κ1) is 20.0. The number of ether oxygens (including phenoxy) is 2. The molecule has 0 saturated carbocycles. The zero-order chi connectivity index (χ0) is 20.4. The van der Waals surface area contributed by atoms with Crippen LogP contribution >= 0.6 is 0 Å². The van der Waals surface area contributed by atoms with E-state index in [-0.39, 0.29) is 11.5 Å². The molecule has 1 aliphatic carbocycles. The summed E-state index contributed by atoms with van der Waals surface area (Å²) in [7, 11) is 0. The van der Waals surface area contributed by atoms with Gasteiger partial charge in [-0.25, -0.2) is 0 Å². The molecule has 0 amide bonds. The van der Waals surface area contributed by atoms with E-state index in [2.05, 4.69) is 10.2 Å². The van der Waals surface area contributed by atoms with Crippen molar-refractivity contribution in [2.45, 2.75) is 25.2 Å². The molecule has 150 valence electrons. The highest BCUT2D eigenvalue weighted by molar-refractivity contribution is 5.82. The van der Waals surface area contributed by atoms with Crippen molar-refractivity contribution in [3.8, 4) is 5.75 Å². The minimum Gasteiger partial charge on any atom is -0.484 e. The highest BCUT2D eigenvalue weighted by Crippen LogP contribution is 2.41. The minimum absolute atomic E-state index is 0.0324. The predicted molar refractivity (Wildman–Crippen MR) is 87.9 cm³/mol. The van der Waals surface area contributed by atoms with Gasteiger partial charge in [-0.1, -0.05) is 0 Å². The highest BCUT2D eigenvalue weighted by atomic mass is 19.4. The molecule has 10 heteroatoms. The Kier molecular flexibility index (Phi) is 5.48. The monoisotopic (exact) mass is 404 g/mol. The number of halogens is 6. The summed E-state index contributed by atoms with van der Waals surface area (Å²) in [6, 6.07) is 4.15. The third-order valence-electron chi connectivity index (χ3n) is 3.87. The predicted octanol–water partition coefficient (Wildman–Crippen LogP) is 6.25. The van der Waals surface area contributed by atoms with Crippen LogP contribution in [0.4, 0.5) is 32.0 Å². The van der Waals surface area contributed by atoms with Gasteiger partial charge in [-0.2, -0.15) is 36.6 Å². The number of azo groups is 1. The van der Waals surface area contributed by atoms with Crippen molar-refractivity contribution in [1.82, 2.24) is 0 Å². The minimum atomic E-state index is -4.50. The number of hydrogen-bond donors (Lipinski definition) is 0. The van der Waals surface area contributed by atoms with Gasteiger partial charge in [-0.3, -0.25) is 0 Å². The molecule has 1 heterocycles. The Morgan fingerprint density at radius 1 is 0.964 bits per heavy atom. The van der Waals surface area contributed by atoms with Crippen LogP contribution in [-0.2, 0) is 4.74 Å². The van der Waals surface area contributed by atoms with Crippen LogP contribution in [0.3, 0.4) is 0 Å². The van der Waals surface area contributed by atoms with Gasteiger partial charge in [0.05, 0.1) is 11.9 Å². The number of nitrogens with zero attached hydrogens (tertiary/aromatic N) is 2. The standard InChI is InChI=1S/C18H14F6N2O2/c19-17(20,21)9-27-11-4-5-15-14(8-11)12-2-1-3-16(28-10-18(22,23)24)13(12)6-7-25-26-15/h3-8H,1-2,9-10H2. The molecule has 2 aliphatic rings. The van der Waals surface area contributed by atoms with Crippen LogP contribution in [0.25, 0.3) is 5.57 Å². The number of rotatable bonds is 4. The molecule has 0 unspecified atom stereocenters. The molecule has 1 aromatic carbocycles. The van der Waals surface area contributed by atoms with E-state index < -0.39 is 25.6 Å². The van der Waals surface area contributed by atoms with Crippen LogP contribution in [0.1, 0.15) is 18.4 Å². The maximum Gasteiger partial charge on any atom is 0.422 e. The molecular weight excluding hydrogens is 390 g/mol. The van der Waals surface area contributed by atoms with Crippen molar-refractivity contribution in [2.75, 3.05) is 13.2 Å². The van der Waals surface area contributed by atoms with Crippen molar-refractivity contribution in [3.05, 3.63) is 53.4 Å². The van der Waals surface area contributed by atoms with Crippen LogP contribution in [-0.4, -0.2) is 25.6 Å². The average molecular weight is 404 g/mol. The van der Waals surface area contributed by atoms with Crippen molar-refractivity contribution >= 4 is 11.3 Å². The number of benzene rings is 1. The van der Waals surface area contributed by atoms with Crippen LogP contribution in [0.15, 0.2) is 58.1 Å². The Morgan fingerprint density at radius 3 is 2.39 bits per heavy atom. The van der Waals surface area contributed by atoms with Gasteiger partial charge in [0.25, 0.3) is 0 Å². The van der Waals surface area contributed by atoms with Gasteiger partial charge in [0.1, 0.15) is 11.5 Å². The van der Waals surface area contributed by atoms with Crippen molar-refractivity contribution in [1.29, 1.82) is 0 Å². The summed E-state index contributed by atoms with van der Waals surface area (Å²) in [6.07, 6.45) is -3.82. The largest absolute Gasteiger partial charge is 0.484 e. The maximum atomic E-state index is 12.5. The molecule has 3 rings (SSSR count). The summed E-state index contributed by atoms with van der Waals surface area (Å²) in [5.74, 6) is 0.00878. The fraction of sp³-hybridized carbons (Fsp3) is 0.333. The lowest BCUT2D eigenvalue weighted by atomic mass is 9.89. The number of hydrogen-bond acceptors (Lipinski definition) is 4. The van der Waals surface area contributed by atoms with Crippen molar-refractivity contribution in [3.63, 3.8) is 0 Å². The van der Waals surface area contributed by atoms with E-state index >= 15 is 0 Å². The number of alkyl halides is 6. The van der Waals surface area contributed by atoms with Crippen LogP contribution in [0, 0.1) is 0 Å². The normalized spacial score (nSPS) is 16.7. The summed E-state index contributed by atoms with van der Waals surface area (Å²) in [6.45, 7) is -2.91. The lowest BCUT2D eigenvalue weighted by molar-refractivity contribution is -0.164. The molecule has 0 spiro atoms. The highest BCUT2D eigenvalue weighted by Gasteiger charge is 2.31. The molecule has 0 atom stereocenters. The number of fused-ring (bicyclic) bond motifs is 2. The van der Waals surface area contributed by atoms with Gasteiger partial charge >= 0.3 is 12.4 Å². The molecule has 0 bridgehead atoms. The molecule has 0 N–H and O–H groups in total. The smallest absolute Gasteiger partial charge is 0.422 e. The quantitative estimate of drug-likeness (QED) is 0.557. The number of allylic oxidation sites excluding steroid dienone is 3. The summed E-state index contributed by atoms with van der Waals surface area (Å²) >= 11 is 0. The van der Waals surface area contributed by atoms with Gasteiger partial charge in [-0.15, -0.1) is 0 Å². The van der Waals surface area contributed by atoms with Crippen LogP contribution < -0.4 is 4.74 Å². The molecular formula is C18H14F6N2O2. The van der Waals surface area contributed by atoms with Crippen molar-refractivity contribution < 1.29 is 35.8 Å². The summed E-state index contributed by atoms with van der Waals surface area (Å²) in [5, 5.41) is 7.79. The van der Waals surface area contributed by atoms with Gasteiger partial charge in [0.15, 0.2) is 13.2 Å². The van der Waals surface area contributed by atoms with Gasteiger partial charge in [0.2, 0.25) is 0 Å². The van der Waals surface area contributed by atoms with Gasteiger partial charge in [-0.05, 0) is 48.8 Å². The molecule has 0 radical (unpaired) electrons. The Labute approximate surface area is 155 Å². The van der Waals surface area contributed by atoms with E-state index in [1.54, 1.807) is 0 Å². The lowest BCUT2D eigenvalue weighted by Crippen LogP contribution is -2.19. The van der Waals surface area contributed by atoms with E-state index in [9.17, 15) is 26.3 Å². The zero-order valence-corrected chi connectivity index (χ0v) is 14.3. The molecule has 0 saturated heterocycles. The van der Waals surface area contributed by atoms with E-state index in [0.717, 1.165) is 0 Å². The van der Waals surface area contributed by atoms with E-state index in [4.69, 9.17) is 9.47 Å². The first-order valence-corrected chi connectivity index (χ1v) is 8.17. The molecule has 1 aliphatic heterocycles. The SMILES string of the molecule is FC(F)(F)COC1=CCCC2=C1C=CN=Nc1ccc(OCC(F)(F)F)cc12. The Morgan fingerprint density at radius 2 is 1.68 bits per heavy atom.